The van der Waals surface area contributed by atoms with E-state index in [9.17, 15) is 4.79 Å². The summed E-state index contributed by atoms with van der Waals surface area (Å²) in [5, 5.41) is 0. The van der Waals surface area contributed by atoms with Crippen LogP contribution in [0.25, 0.3) is 0 Å². The van der Waals surface area contributed by atoms with Crippen molar-refractivity contribution in [2.75, 3.05) is 26.2 Å². The van der Waals surface area contributed by atoms with E-state index in [0.29, 0.717) is 17.9 Å². The molecule has 2 rings (SSSR count). The van der Waals surface area contributed by atoms with E-state index in [1.165, 1.54) is 12.8 Å². The molecule has 0 aromatic rings. The molecule has 0 N–H and O–H groups in total. The van der Waals surface area contributed by atoms with Gasteiger partial charge >= 0.3 is 0 Å². The smallest absolute Gasteiger partial charge is 0.225 e. The third-order valence-corrected chi connectivity index (χ3v) is 5.42. The van der Waals surface area contributed by atoms with Crippen molar-refractivity contribution in [2.24, 2.45) is 17.8 Å². The average molecular weight is 280 g/mol. The maximum atomic E-state index is 12.6. The van der Waals surface area contributed by atoms with Crippen LogP contribution in [0.15, 0.2) is 0 Å². The molecule has 1 aliphatic carbocycles. The van der Waals surface area contributed by atoms with Gasteiger partial charge in [-0.2, -0.15) is 0 Å². The monoisotopic (exact) mass is 280 g/mol. The molecule has 1 heterocycles. The number of amides is 1. The summed E-state index contributed by atoms with van der Waals surface area (Å²) in [6.45, 7) is 13.1. The first-order valence-corrected chi connectivity index (χ1v) is 8.52. The van der Waals surface area contributed by atoms with E-state index in [1.807, 2.05) is 0 Å². The Hall–Kier alpha value is -0.570. The fraction of sp³-hybridized carbons (Fsp3) is 0.941. The predicted molar refractivity (Wildman–Crippen MR) is 83.6 cm³/mol. The van der Waals surface area contributed by atoms with Crippen molar-refractivity contribution < 1.29 is 4.79 Å². The molecule has 0 bridgehead atoms. The Morgan fingerprint density at radius 2 is 1.45 bits per heavy atom. The summed E-state index contributed by atoms with van der Waals surface area (Å²) < 4.78 is 0. The maximum Gasteiger partial charge on any atom is 0.225 e. The van der Waals surface area contributed by atoms with Crippen LogP contribution in [0.1, 0.15) is 53.4 Å². The molecular weight excluding hydrogens is 248 g/mol. The zero-order valence-corrected chi connectivity index (χ0v) is 13.8. The Bertz CT molecular complexity index is 281. The van der Waals surface area contributed by atoms with Crippen LogP contribution in [0, 0.1) is 17.8 Å². The largest absolute Gasteiger partial charge is 0.340 e. The van der Waals surface area contributed by atoms with Gasteiger partial charge in [-0.1, -0.05) is 13.8 Å². The minimum Gasteiger partial charge on any atom is -0.340 e. The van der Waals surface area contributed by atoms with Gasteiger partial charge < -0.3 is 4.90 Å². The minimum atomic E-state index is 0.315. The first kappa shape index (κ1) is 15.8. The van der Waals surface area contributed by atoms with Gasteiger partial charge in [0.15, 0.2) is 0 Å². The van der Waals surface area contributed by atoms with Gasteiger partial charge in [0.25, 0.3) is 0 Å². The van der Waals surface area contributed by atoms with Crippen molar-refractivity contribution in [1.29, 1.82) is 0 Å². The molecule has 0 radical (unpaired) electrons. The maximum absolute atomic E-state index is 12.6. The highest BCUT2D eigenvalue weighted by molar-refractivity contribution is 5.79. The number of carbonyl (C=O) groups excluding carboxylic acids is 1. The molecular formula is C17H32N2O. The molecule has 116 valence electrons. The summed E-state index contributed by atoms with van der Waals surface area (Å²) in [6, 6.07) is 0.605. The van der Waals surface area contributed by atoms with Gasteiger partial charge in [0, 0.05) is 38.1 Å². The second-order valence-electron chi connectivity index (χ2n) is 7.31. The van der Waals surface area contributed by atoms with E-state index >= 15 is 0 Å². The molecule has 0 atom stereocenters. The fourth-order valence-electron chi connectivity index (χ4n) is 3.75. The van der Waals surface area contributed by atoms with Gasteiger partial charge in [-0.15, -0.1) is 0 Å². The number of nitrogens with zero attached hydrogens (tertiary/aromatic N) is 2. The van der Waals surface area contributed by atoms with Crippen LogP contribution in [0.5, 0.6) is 0 Å². The van der Waals surface area contributed by atoms with Gasteiger partial charge in [-0.05, 0) is 51.4 Å². The first-order valence-electron chi connectivity index (χ1n) is 8.52. The molecule has 1 amide bonds. The van der Waals surface area contributed by atoms with Gasteiger partial charge in [0.05, 0.1) is 0 Å². The van der Waals surface area contributed by atoms with Crippen molar-refractivity contribution >= 4 is 5.91 Å². The summed E-state index contributed by atoms with van der Waals surface area (Å²) in [6.07, 6.45) is 4.73. The lowest BCUT2D eigenvalue weighted by atomic mass is 9.76. The lowest BCUT2D eigenvalue weighted by Gasteiger charge is -2.39. The summed E-state index contributed by atoms with van der Waals surface area (Å²) >= 11 is 0. The van der Waals surface area contributed by atoms with E-state index in [1.54, 1.807) is 0 Å². The Morgan fingerprint density at radius 3 is 1.90 bits per heavy atom. The summed E-state index contributed by atoms with van der Waals surface area (Å²) in [7, 11) is 0. The van der Waals surface area contributed by atoms with Crippen LogP contribution in [0.2, 0.25) is 0 Å². The summed E-state index contributed by atoms with van der Waals surface area (Å²) in [5.41, 5.74) is 0. The molecule has 3 heteroatoms. The van der Waals surface area contributed by atoms with Crippen molar-refractivity contribution in [3.63, 3.8) is 0 Å². The molecule has 3 nitrogen and oxygen atoms in total. The van der Waals surface area contributed by atoms with Gasteiger partial charge in [-0.3, -0.25) is 9.69 Å². The Morgan fingerprint density at radius 1 is 0.900 bits per heavy atom. The second-order valence-corrected chi connectivity index (χ2v) is 7.31. The van der Waals surface area contributed by atoms with E-state index in [-0.39, 0.29) is 0 Å². The first-order chi connectivity index (χ1) is 9.49. The standard InChI is InChI=1S/C17H32N2O/c1-13(2)15-5-7-16(8-6-15)17(20)19-11-9-18(10-12-19)14(3)4/h13-16H,5-12H2,1-4H3. The van der Waals surface area contributed by atoms with Crippen LogP contribution >= 0.6 is 0 Å². The number of hydrogen-bond donors (Lipinski definition) is 0. The zero-order chi connectivity index (χ0) is 14.7. The number of carbonyl (C=O) groups is 1. The molecule has 20 heavy (non-hydrogen) atoms. The zero-order valence-electron chi connectivity index (χ0n) is 13.8. The van der Waals surface area contributed by atoms with E-state index in [4.69, 9.17) is 0 Å². The SMILES string of the molecule is CC(C)C1CCC(C(=O)N2CCN(C(C)C)CC2)CC1. The summed E-state index contributed by atoms with van der Waals surface area (Å²) in [4.78, 5) is 17.2. The second kappa shape index (κ2) is 6.93. The van der Waals surface area contributed by atoms with Crippen molar-refractivity contribution in [1.82, 2.24) is 9.80 Å². The number of piperazine rings is 1. The lowest BCUT2D eigenvalue weighted by molar-refractivity contribution is -0.139. The lowest BCUT2D eigenvalue weighted by Crippen LogP contribution is -2.52. The van der Waals surface area contributed by atoms with Crippen molar-refractivity contribution in [3.8, 4) is 0 Å². The Labute approximate surface area is 124 Å². The minimum absolute atomic E-state index is 0.315. The van der Waals surface area contributed by atoms with Crippen LogP contribution in [0.4, 0.5) is 0 Å². The molecule has 1 aliphatic heterocycles. The molecule has 0 aromatic heterocycles. The van der Waals surface area contributed by atoms with E-state index < -0.39 is 0 Å². The highest BCUT2D eigenvalue weighted by Crippen LogP contribution is 2.34. The third kappa shape index (κ3) is 3.75. The number of rotatable bonds is 3. The molecule has 0 unspecified atom stereocenters. The third-order valence-electron chi connectivity index (χ3n) is 5.42. The predicted octanol–water partition coefficient (Wildman–Crippen LogP) is 3.00. The topological polar surface area (TPSA) is 23.6 Å². The Kier molecular flexibility index (Phi) is 5.48. The normalized spacial score (nSPS) is 29.2. The van der Waals surface area contributed by atoms with E-state index in [0.717, 1.165) is 50.9 Å². The van der Waals surface area contributed by atoms with Crippen LogP contribution in [-0.4, -0.2) is 47.9 Å². The summed E-state index contributed by atoms with van der Waals surface area (Å²) in [5.74, 6) is 2.38. The average Bonchev–Trinajstić information content (AvgIpc) is 2.46. The van der Waals surface area contributed by atoms with Crippen LogP contribution in [0.3, 0.4) is 0 Å². The molecule has 1 saturated heterocycles. The molecule has 1 saturated carbocycles. The van der Waals surface area contributed by atoms with E-state index in [2.05, 4.69) is 37.5 Å². The molecule has 2 fully saturated rings. The van der Waals surface area contributed by atoms with Crippen LogP contribution in [-0.2, 0) is 4.79 Å². The Balaban J connectivity index is 1.79. The van der Waals surface area contributed by atoms with Gasteiger partial charge in [0.2, 0.25) is 5.91 Å². The van der Waals surface area contributed by atoms with Crippen molar-refractivity contribution in [2.45, 2.75) is 59.4 Å². The van der Waals surface area contributed by atoms with Crippen LogP contribution < -0.4 is 0 Å². The highest BCUT2D eigenvalue weighted by Gasteiger charge is 2.31. The number of hydrogen-bond acceptors (Lipinski definition) is 2. The molecule has 0 spiro atoms. The molecule has 0 aromatic carbocycles. The van der Waals surface area contributed by atoms with Gasteiger partial charge in [-0.25, -0.2) is 0 Å². The molecule has 2 aliphatic rings. The highest BCUT2D eigenvalue weighted by atomic mass is 16.2. The fourth-order valence-corrected chi connectivity index (χ4v) is 3.75. The van der Waals surface area contributed by atoms with Gasteiger partial charge in [0.1, 0.15) is 0 Å². The quantitative estimate of drug-likeness (QED) is 0.793. The van der Waals surface area contributed by atoms with Crippen molar-refractivity contribution in [3.05, 3.63) is 0 Å².